The number of hydrogen-bond donors (Lipinski definition) is 0. The average molecular weight is 251 g/mol. The smallest absolute Gasteiger partial charge is 0.327 e. The van der Waals surface area contributed by atoms with Gasteiger partial charge in [-0.15, -0.1) is 11.8 Å². The number of hydrogen-bond acceptors (Lipinski definition) is 2. The quantitative estimate of drug-likeness (QED) is 0.598. The zero-order chi connectivity index (χ0) is 12.9. The van der Waals surface area contributed by atoms with E-state index in [-0.39, 0.29) is 11.4 Å². The van der Waals surface area contributed by atoms with Crippen molar-refractivity contribution in [3.8, 4) is 0 Å². The molecule has 1 aromatic rings. The Bertz CT molecular complexity index is 374. The molecule has 0 heterocycles. The number of rotatable bonds is 4. The highest BCUT2D eigenvalue weighted by Gasteiger charge is 2.12. The minimum atomic E-state index is -0.274. The van der Waals surface area contributed by atoms with Crippen molar-refractivity contribution >= 4 is 11.8 Å². The Morgan fingerprint density at radius 3 is 2.35 bits per heavy atom. The molecule has 0 saturated heterocycles. The van der Waals surface area contributed by atoms with E-state index < -0.39 is 0 Å². The maximum Gasteiger partial charge on any atom is 0.327 e. The Balaban J connectivity index is 2.58. The molecule has 0 N–H and O–H groups in total. The maximum atomic E-state index is 10.9. The third-order valence-corrected chi connectivity index (χ3v) is 3.36. The maximum absolute atomic E-state index is 10.9. The standard InChI is InChI=1S/C14H19O2S/c1-14(2,3)11-5-7-12(8-6-11)17-10-9-13(15)16-4/h5-9H,10H2,1-4H3. The molecule has 1 aromatic carbocycles. The second kappa shape index (κ2) is 6.01. The molecule has 0 aliphatic heterocycles. The summed E-state index contributed by atoms with van der Waals surface area (Å²) in [5, 5.41) is 10.9. The SMILES string of the molecule is COC([O])=CCSc1ccc(C(C)(C)C)cc1. The Morgan fingerprint density at radius 2 is 1.88 bits per heavy atom. The van der Waals surface area contributed by atoms with Gasteiger partial charge in [0, 0.05) is 16.7 Å². The molecule has 0 atom stereocenters. The van der Waals surface area contributed by atoms with E-state index in [0.29, 0.717) is 5.75 Å². The Morgan fingerprint density at radius 1 is 1.29 bits per heavy atom. The lowest BCUT2D eigenvalue weighted by molar-refractivity contribution is 0.0860. The minimum Gasteiger partial charge on any atom is -0.466 e. The topological polar surface area (TPSA) is 29.1 Å². The Labute approximate surface area is 108 Å². The number of thioether (sulfide) groups is 1. The first-order valence-electron chi connectivity index (χ1n) is 5.58. The molecule has 0 aliphatic rings. The lowest BCUT2D eigenvalue weighted by Gasteiger charge is -2.18. The van der Waals surface area contributed by atoms with Gasteiger partial charge in [-0.3, -0.25) is 0 Å². The molecule has 3 heteroatoms. The van der Waals surface area contributed by atoms with E-state index in [4.69, 9.17) is 0 Å². The van der Waals surface area contributed by atoms with Crippen LogP contribution in [0.1, 0.15) is 26.3 Å². The predicted octanol–water partition coefficient (Wildman–Crippen LogP) is 3.99. The molecule has 0 aromatic heterocycles. The van der Waals surface area contributed by atoms with E-state index in [2.05, 4.69) is 49.8 Å². The summed E-state index contributed by atoms with van der Waals surface area (Å²) in [6.45, 7) is 6.58. The molecule has 0 fully saturated rings. The summed E-state index contributed by atoms with van der Waals surface area (Å²) in [6.07, 6.45) is 1.54. The monoisotopic (exact) mass is 251 g/mol. The van der Waals surface area contributed by atoms with Crippen LogP contribution in [0.15, 0.2) is 41.2 Å². The van der Waals surface area contributed by atoms with E-state index >= 15 is 0 Å². The van der Waals surface area contributed by atoms with Gasteiger partial charge in [0.15, 0.2) is 0 Å². The summed E-state index contributed by atoms with van der Waals surface area (Å²) >= 11 is 1.63. The predicted molar refractivity (Wildman–Crippen MR) is 71.6 cm³/mol. The second-order valence-electron chi connectivity index (χ2n) is 4.81. The van der Waals surface area contributed by atoms with Gasteiger partial charge in [-0.1, -0.05) is 32.9 Å². The van der Waals surface area contributed by atoms with Crippen molar-refractivity contribution in [2.24, 2.45) is 0 Å². The van der Waals surface area contributed by atoms with E-state index in [0.717, 1.165) is 4.90 Å². The average Bonchev–Trinajstić information content (AvgIpc) is 2.28. The van der Waals surface area contributed by atoms with Gasteiger partial charge in [-0.2, -0.15) is 0 Å². The zero-order valence-corrected chi connectivity index (χ0v) is 11.6. The van der Waals surface area contributed by atoms with Crippen LogP contribution in [0.5, 0.6) is 0 Å². The van der Waals surface area contributed by atoms with Crippen molar-refractivity contribution < 1.29 is 9.84 Å². The van der Waals surface area contributed by atoms with Gasteiger partial charge in [-0.05, 0) is 23.1 Å². The van der Waals surface area contributed by atoms with Crippen LogP contribution in [0.4, 0.5) is 0 Å². The molecule has 0 aliphatic carbocycles. The molecule has 1 rings (SSSR count). The summed E-state index contributed by atoms with van der Waals surface area (Å²) in [4.78, 5) is 1.16. The van der Waals surface area contributed by atoms with Crippen LogP contribution in [0, 0.1) is 0 Å². The van der Waals surface area contributed by atoms with Crippen molar-refractivity contribution in [2.45, 2.75) is 31.1 Å². The highest BCUT2D eigenvalue weighted by molar-refractivity contribution is 7.99. The summed E-state index contributed by atoms with van der Waals surface area (Å²) < 4.78 is 4.54. The molecule has 0 unspecified atom stereocenters. The van der Waals surface area contributed by atoms with E-state index in [1.54, 1.807) is 17.8 Å². The molecule has 0 saturated carbocycles. The lowest BCUT2D eigenvalue weighted by atomic mass is 9.87. The molecular weight excluding hydrogens is 232 g/mol. The fraction of sp³-hybridized carbons (Fsp3) is 0.429. The van der Waals surface area contributed by atoms with Gasteiger partial charge in [0.2, 0.25) is 0 Å². The van der Waals surface area contributed by atoms with Gasteiger partial charge < -0.3 is 4.74 Å². The second-order valence-corrected chi connectivity index (χ2v) is 5.91. The van der Waals surface area contributed by atoms with Crippen molar-refractivity contribution in [1.82, 2.24) is 0 Å². The van der Waals surface area contributed by atoms with Crippen LogP contribution in [-0.4, -0.2) is 12.9 Å². The van der Waals surface area contributed by atoms with E-state index in [9.17, 15) is 5.11 Å². The zero-order valence-electron chi connectivity index (χ0n) is 10.8. The molecule has 0 spiro atoms. The van der Waals surface area contributed by atoms with Crippen molar-refractivity contribution in [3.05, 3.63) is 41.9 Å². The van der Waals surface area contributed by atoms with Gasteiger partial charge in [0.05, 0.1) is 7.11 Å². The van der Waals surface area contributed by atoms with Crippen LogP contribution in [0.25, 0.3) is 0 Å². The third-order valence-electron chi connectivity index (χ3n) is 2.42. The van der Waals surface area contributed by atoms with Gasteiger partial charge in [-0.25, -0.2) is 5.11 Å². The van der Waals surface area contributed by atoms with Gasteiger partial charge >= 0.3 is 5.95 Å². The summed E-state index contributed by atoms with van der Waals surface area (Å²) in [5.74, 6) is 0.366. The van der Waals surface area contributed by atoms with Gasteiger partial charge in [0.1, 0.15) is 0 Å². The molecular formula is C14H19O2S. The number of methoxy groups -OCH3 is 1. The molecule has 1 radical (unpaired) electrons. The minimum absolute atomic E-state index is 0.182. The van der Waals surface area contributed by atoms with Crippen molar-refractivity contribution in [1.29, 1.82) is 0 Å². The van der Waals surface area contributed by atoms with E-state index in [1.807, 2.05) is 0 Å². The van der Waals surface area contributed by atoms with Crippen LogP contribution in [0.3, 0.4) is 0 Å². The largest absolute Gasteiger partial charge is 0.466 e. The van der Waals surface area contributed by atoms with Crippen molar-refractivity contribution in [3.63, 3.8) is 0 Å². The van der Waals surface area contributed by atoms with Crippen molar-refractivity contribution in [2.75, 3.05) is 12.9 Å². The fourth-order valence-corrected chi connectivity index (χ4v) is 2.08. The summed E-state index contributed by atoms with van der Waals surface area (Å²) in [5.41, 5.74) is 1.50. The third kappa shape index (κ3) is 4.73. The number of ether oxygens (including phenoxy) is 1. The first-order chi connectivity index (χ1) is 7.93. The van der Waals surface area contributed by atoms with Crippen LogP contribution in [0.2, 0.25) is 0 Å². The van der Waals surface area contributed by atoms with E-state index in [1.165, 1.54) is 12.7 Å². The molecule has 0 bridgehead atoms. The number of benzene rings is 1. The Kier molecular flexibility index (Phi) is 4.94. The molecule has 2 nitrogen and oxygen atoms in total. The highest BCUT2D eigenvalue weighted by atomic mass is 32.2. The van der Waals surface area contributed by atoms with Crippen LogP contribution in [-0.2, 0) is 15.3 Å². The summed E-state index contributed by atoms with van der Waals surface area (Å²) in [6, 6.07) is 8.47. The van der Waals surface area contributed by atoms with Crippen LogP contribution >= 0.6 is 11.8 Å². The molecule has 0 amide bonds. The highest BCUT2D eigenvalue weighted by Crippen LogP contribution is 2.25. The first-order valence-corrected chi connectivity index (χ1v) is 6.56. The molecule has 93 valence electrons. The lowest BCUT2D eigenvalue weighted by Crippen LogP contribution is -2.10. The fourth-order valence-electron chi connectivity index (χ4n) is 1.34. The Hall–Kier alpha value is -1.09. The van der Waals surface area contributed by atoms with Gasteiger partial charge in [0.25, 0.3) is 0 Å². The van der Waals surface area contributed by atoms with Crippen LogP contribution < -0.4 is 0 Å². The molecule has 17 heavy (non-hydrogen) atoms. The normalized spacial score (nSPS) is 12.6. The summed E-state index contributed by atoms with van der Waals surface area (Å²) in [7, 11) is 1.39. The first kappa shape index (κ1) is 14.0.